The van der Waals surface area contributed by atoms with Gasteiger partial charge in [0.05, 0.1) is 5.92 Å². The summed E-state index contributed by atoms with van der Waals surface area (Å²) in [6, 6.07) is 13.4. The van der Waals surface area contributed by atoms with Crippen LogP contribution < -0.4 is 10.6 Å². The second-order valence-electron chi connectivity index (χ2n) is 6.14. The van der Waals surface area contributed by atoms with Crippen LogP contribution in [-0.2, 0) is 4.79 Å². The van der Waals surface area contributed by atoms with E-state index in [4.69, 9.17) is 0 Å². The van der Waals surface area contributed by atoms with Crippen molar-refractivity contribution in [3.8, 4) is 0 Å². The Kier molecular flexibility index (Phi) is 4.69. The lowest BCUT2D eigenvalue weighted by atomic mass is 9.89. The second-order valence-corrected chi connectivity index (χ2v) is 7.89. The average molecular weight is 386 g/mol. The third kappa shape index (κ3) is 3.10. The van der Waals surface area contributed by atoms with Gasteiger partial charge in [0.15, 0.2) is 0 Å². The van der Waals surface area contributed by atoms with Crippen molar-refractivity contribution in [3.63, 3.8) is 0 Å². The molecule has 0 bridgehead atoms. The summed E-state index contributed by atoms with van der Waals surface area (Å²) >= 11 is 3.13. The quantitative estimate of drug-likeness (QED) is 0.670. The number of thioether (sulfide) groups is 1. The number of anilines is 2. The molecule has 0 spiro atoms. The van der Waals surface area contributed by atoms with Crippen molar-refractivity contribution in [3.05, 3.63) is 52.7 Å². The standard InChI is InChI=1S/C18H19N5OS2/c1-11-14(16(24)20-12-7-4-3-5-8-12)15(13-9-6-10-26-13)23-17(19-11)21-18(22-23)25-2/h3-11,14-15H,1-2H3,(H,20,24)(H,19,21,22)/t11-,14+,15+/m1/s1. The average Bonchev–Trinajstić information content (AvgIpc) is 3.30. The summed E-state index contributed by atoms with van der Waals surface area (Å²) in [6.07, 6.45) is 1.95. The van der Waals surface area contributed by atoms with Gasteiger partial charge in [-0.15, -0.1) is 16.4 Å². The van der Waals surface area contributed by atoms with Gasteiger partial charge in [0, 0.05) is 16.6 Å². The predicted octanol–water partition coefficient (Wildman–Crippen LogP) is 3.72. The van der Waals surface area contributed by atoms with Crippen LogP contribution in [0.1, 0.15) is 17.8 Å². The first-order valence-electron chi connectivity index (χ1n) is 8.34. The molecule has 0 saturated carbocycles. The topological polar surface area (TPSA) is 71.8 Å². The first-order chi connectivity index (χ1) is 12.7. The SMILES string of the molecule is CSc1nc2n(n1)[C@@H](c1cccs1)[C@@H](C(=O)Nc1ccccc1)[C@@H](C)N2. The number of para-hydroxylation sites is 1. The molecule has 1 aliphatic heterocycles. The predicted molar refractivity (Wildman–Crippen MR) is 106 cm³/mol. The van der Waals surface area contributed by atoms with Crippen molar-refractivity contribution in [2.75, 3.05) is 16.9 Å². The molecule has 0 unspecified atom stereocenters. The number of hydrogen-bond donors (Lipinski definition) is 2. The molecule has 0 aliphatic carbocycles. The molecule has 8 heteroatoms. The van der Waals surface area contributed by atoms with Crippen LogP contribution in [0.15, 0.2) is 53.0 Å². The zero-order valence-corrected chi connectivity index (χ0v) is 16.1. The molecule has 3 heterocycles. The van der Waals surface area contributed by atoms with Gasteiger partial charge in [-0.2, -0.15) is 4.98 Å². The third-order valence-corrected chi connectivity index (χ3v) is 5.95. The van der Waals surface area contributed by atoms with E-state index in [0.717, 1.165) is 10.6 Å². The van der Waals surface area contributed by atoms with Crippen molar-refractivity contribution in [1.82, 2.24) is 14.8 Å². The molecule has 2 N–H and O–H groups in total. The number of benzene rings is 1. The fraction of sp³-hybridized carbons (Fsp3) is 0.278. The number of thiophene rings is 1. The Balaban J connectivity index is 1.73. The van der Waals surface area contributed by atoms with E-state index in [0.29, 0.717) is 11.1 Å². The van der Waals surface area contributed by atoms with E-state index in [-0.39, 0.29) is 23.9 Å². The van der Waals surface area contributed by atoms with Gasteiger partial charge in [-0.1, -0.05) is 36.0 Å². The highest BCUT2D eigenvalue weighted by Gasteiger charge is 2.42. The van der Waals surface area contributed by atoms with Gasteiger partial charge >= 0.3 is 0 Å². The van der Waals surface area contributed by atoms with Gasteiger partial charge < -0.3 is 10.6 Å². The number of hydrogen-bond acceptors (Lipinski definition) is 6. The number of carbonyl (C=O) groups excluding carboxylic acids is 1. The lowest BCUT2D eigenvalue weighted by molar-refractivity contribution is -0.121. The van der Waals surface area contributed by atoms with Crippen LogP contribution in [0.5, 0.6) is 0 Å². The summed E-state index contributed by atoms with van der Waals surface area (Å²) in [5, 5.41) is 13.7. The summed E-state index contributed by atoms with van der Waals surface area (Å²) < 4.78 is 1.85. The minimum absolute atomic E-state index is 0.0264. The van der Waals surface area contributed by atoms with Crippen LogP contribution in [-0.4, -0.2) is 33.0 Å². The molecule has 1 aliphatic rings. The van der Waals surface area contributed by atoms with Crippen LogP contribution in [0.4, 0.5) is 11.6 Å². The summed E-state index contributed by atoms with van der Waals surface area (Å²) in [4.78, 5) is 18.8. The number of carbonyl (C=O) groups is 1. The lowest BCUT2D eigenvalue weighted by Crippen LogP contribution is -2.46. The van der Waals surface area contributed by atoms with E-state index in [1.165, 1.54) is 11.8 Å². The van der Waals surface area contributed by atoms with Crippen LogP contribution in [0.3, 0.4) is 0 Å². The monoisotopic (exact) mass is 385 g/mol. The maximum absolute atomic E-state index is 13.2. The fourth-order valence-corrected chi connectivity index (χ4v) is 4.48. The number of aromatic nitrogens is 3. The zero-order chi connectivity index (χ0) is 18.1. The normalized spacial score (nSPS) is 21.7. The van der Waals surface area contributed by atoms with Gasteiger partial charge in [0.2, 0.25) is 17.0 Å². The molecule has 1 aromatic carbocycles. The van der Waals surface area contributed by atoms with E-state index < -0.39 is 0 Å². The van der Waals surface area contributed by atoms with Crippen LogP contribution in [0.2, 0.25) is 0 Å². The molecule has 26 heavy (non-hydrogen) atoms. The number of nitrogens with one attached hydrogen (secondary N) is 2. The lowest BCUT2D eigenvalue weighted by Gasteiger charge is -2.36. The summed E-state index contributed by atoms with van der Waals surface area (Å²) in [7, 11) is 0. The zero-order valence-electron chi connectivity index (χ0n) is 14.4. The minimum Gasteiger partial charge on any atom is -0.351 e. The Bertz CT molecular complexity index is 894. The molecule has 134 valence electrons. The van der Waals surface area contributed by atoms with Gasteiger partial charge in [0.1, 0.15) is 6.04 Å². The summed E-state index contributed by atoms with van der Waals surface area (Å²) in [5.41, 5.74) is 0.795. The molecule has 0 radical (unpaired) electrons. The van der Waals surface area contributed by atoms with Gasteiger partial charge in [-0.05, 0) is 36.8 Å². The van der Waals surface area contributed by atoms with E-state index in [9.17, 15) is 4.79 Å². The Hall–Kier alpha value is -2.32. The minimum atomic E-state index is -0.308. The molecular formula is C18H19N5OS2. The van der Waals surface area contributed by atoms with Crippen LogP contribution >= 0.6 is 23.1 Å². The Labute approximate surface area is 160 Å². The number of amides is 1. The Morgan fingerprint density at radius 1 is 1.27 bits per heavy atom. The third-order valence-electron chi connectivity index (χ3n) is 4.47. The smallest absolute Gasteiger partial charge is 0.232 e. The highest BCUT2D eigenvalue weighted by atomic mass is 32.2. The summed E-state index contributed by atoms with van der Waals surface area (Å²) in [6.45, 7) is 2.02. The molecular weight excluding hydrogens is 366 g/mol. The largest absolute Gasteiger partial charge is 0.351 e. The molecule has 0 fully saturated rings. The maximum Gasteiger partial charge on any atom is 0.232 e. The molecule has 6 nitrogen and oxygen atoms in total. The van der Waals surface area contributed by atoms with Crippen molar-refractivity contribution in [1.29, 1.82) is 0 Å². The van der Waals surface area contributed by atoms with E-state index >= 15 is 0 Å². The molecule has 3 aromatic rings. The molecule has 1 amide bonds. The molecule has 4 rings (SSSR count). The first-order valence-corrected chi connectivity index (χ1v) is 10.4. The maximum atomic E-state index is 13.2. The second kappa shape index (κ2) is 7.13. The summed E-state index contributed by atoms with van der Waals surface area (Å²) in [5.74, 6) is 0.378. The number of nitrogens with zero attached hydrogens (tertiary/aromatic N) is 3. The van der Waals surface area contributed by atoms with E-state index in [1.54, 1.807) is 11.3 Å². The van der Waals surface area contributed by atoms with Crippen LogP contribution in [0.25, 0.3) is 0 Å². The number of fused-ring (bicyclic) bond motifs is 1. The van der Waals surface area contributed by atoms with Crippen molar-refractivity contribution in [2.24, 2.45) is 5.92 Å². The molecule has 3 atom stereocenters. The first kappa shape index (κ1) is 17.1. The number of rotatable bonds is 4. The van der Waals surface area contributed by atoms with Gasteiger partial charge in [-0.3, -0.25) is 4.79 Å². The molecule has 2 aromatic heterocycles. The van der Waals surface area contributed by atoms with Gasteiger partial charge in [-0.25, -0.2) is 4.68 Å². The highest BCUT2D eigenvalue weighted by molar-refractivity contribution is 7.98. The van der Waals surface area contributed by atoms with Crippen molar-refractivity contribution >= 4 is 40.6 Å². The van der Waals surface area contributed by atoms with E-state index in [1.807, 2.05) is 59.6 Å². The molecule has 0 saturated heterocycles. The van der Waals surface area contributed by atoms with Crippen molar-refractivity contribution < 1.29 is 4.79 Å². The van der Waals surface area contributed by atoms with Crippen LogP contribution in [0, 0.1) is 5.92 Å². The Morgan fingerprint density at radius 2 is 2.08 bits per heavy atom. The highest BCUT2D eigenvalue weighted by Crippen LogP contribution is 2.39. The van der Waals surface area contributed by atoms with E-state index in [2.05, 4.69) is 26.8 Å². The van der Waals surface area contributed by atoms with Gasteiger partial charge in [0.25, 0.3) is 0 Å². The Morgan fingerprint density at radius 3 is 2.77 bits per heavy atom. The fourth-order valence-electron chi connectivity index (χ4n) is 3.28. The van der Waals surface area contributed by atoms with Crippen molar-refractivity contribution in [2.45, 2.75) is 24.2 Å².